The van der Waals surface area contributed by atoms with Crippen LogP contribution in [0.4, 0.5) is 11.4 Å². The first kappa shape index (κ1) is 30.5. The lowest BCUT2D eigenvalue weighted by molar-refractivity contribution is -0.149. The van der Waals surface area contributed by atoms with Crippen molar-refractivity contribution in [1.82, 2.24) is 4.90 Å². The Bertz CT molecular complexity index is 1150. The molecule has 218 valence electrons. The fourth-order valence-electron chi connectivity index (χ4n) is 5.36. The number of hydrogen-bond acceptors (Lipinski definition) is 6. The Morgan fingerprint density at radius 1 is 0.975 bits per heavy atom. The smallest absolute Gasteiger partial charge is 0.307 e. The summed E-state index contributed by atoms with van der Waals surface area (Å²) in [5, 5.41) is 1.22. The maximum absolute atomic E-state index is 12.8. The van der Waals surface area contributed by atoms with Gasteiger partial charge in [-0.1, -0.05) is 55.1 Å². The molecule has 1 fully saturated rings. The Kier molecular flexibility index (Phi) is 11.4. The van der Waals surface area contributed by atoms with E-state index in [0.717, 1.165) is 87.5 Å². The summed E-state index contributed by atoms with van der Waals surface area (Å²) in [6, 6.07) is 11.7. The van der Waals surface area contributed by atoms with Crippen LogP contribution in [0.1, 0.15) is 64.4 Å². The molecule has 1 saturated heterocycles. The van der Waals surface area contributed by atoms with Crippen molar-refractivity contribution >= 4 is 46.5 Å². The number of fused-ring (bicyclic) bond motifs is 1. The van der Waals surface area contributed by atoms with E-state index in [1.807, 2.05) is 36.4 Å². The Morgan fingerprint density at radius 3 is 2.55 bits per heavy atom. The third kappa shape index (κ3) is 8.05. The molecule has 0 saturated carbocycles. The minimum atomic E-state index is -0.647. The van der Waals surface area contributed by atoms with Crippen LogP contribution in [0.15, 0.2) is 36.4 Å². The van der Waals surface area contributed by atoms with Crippen LogP contribution >= 0.6 is 23.2 Å². The van der Waals surface area contributed by atoms with Gasteiger partial charge in [-0.15, -0.1) is 0 Å². The minimum absolute atomic E-state index is 0.0313. The van der Waals surface area contributed by atoms with Gasteiger partial charge >= 0.3 is 5.97 Å². The lowest BCUT2D eigenvalue weighted by Gasteiger charge is -2.36. The molecule has 40 heavy (non-hydrogen) atoms. The van der Waals surface area contributed by atoms with Gasteiger partial charge < -0.3 is 14.4 Å². The number of unbranched alkanes of at least 4 members (excludes halogenated alkanes) is 3. The van der Waals surface area contributed by atoms with Crippen LogP contribution in [-0.4, -0.2) is 62.3 Å². The topological polar surface area (TPSA) is 62.3 Å². The SMILES string of the molecule is CCCCCC(=O)OC(C)N1C(=O)CCc2ccc(OCCCCN3CCN(c4cccc(Cl)c4Cl)CC3)cc21. The van der Waals surface area contributed by atoms with E-state index in [0.29, 0.717) is 35.9 Å². The Hall–Kier alpha value is -2.48. The second-order valence-corrected chi connectivity index (χ2v) is 11.3. The van der Waals surface area contributed by atoms with E-state index in [9.17, 15) is 9.59 Å². The van der Waals surface area contributed by atoms with Gasteiger partial charge in [0.2, 0.25) is 5.91 Å². The van der Waals surface area contributed by atoms with Crippen molar-refractivity contribution in [3.63, 3.8) is 0 Å². The summed E-state index contributed by atoms with van der Waals surface area (Å²) in [5.74, 6) is 0.436. The number of ether oxygens (including phenoxy) is 2. The van der Waals surface area contributed by atoms with Crippen molar-refractivity contribution in [2.45, 2.75) is 71.4 Å². The number of esters is 1. The third-order valence-electron chi connectivity index (χ3n) is 7.62. The predicted octanol–water partition coefficient (Wildman–Crippen LogP) is 6.72. The van der Waals surface area contributed by atoms with Crippen LogP contribution in [0.3, 0.4) is 0 Å². The molecule has 1 atom stereocenters. The number of aryl methyl sites for hydroxylation is 1. The molecule has 0 bridgehead atoms. The Balaban J connectivity index is 1.22. The number of halogens is 2. The van der Waals surface area contributed by atoms with E-state index in [4.69, 9.17) is 32.7 Å². The standard InChI is InChI=1S/C31H41Cl2N3O4/c1-3-4-5-11-30(38)40-23(2)36-28-22-25(14-12-24(28)13-15-29(36)37)39-21-7-6-16-34-17-19-35(20-18-34)27-10-8-9-26(32)31(27)33/h8-10,12,14,22-23H,3-7,11,13,15-21H2,1-2H3. The second kappa shape index (κ2) is 14.9. The van der Waals surface area contributed by atoms with Gasteiger partial charge in [0.1, 0.15) is 5.75 Å². The molecule has 0 aromatic heterocycles. The third-order valence-corrected chi connectivity index (χ3v) is 8.43. The van der Waals surface area contributed by atoms with Crippen molar-refractivity contribution < 1.29 is 19.1 Å². The number of carbonyl (C=O) groups is 2. The van der Waals surface area contributed by atoms with Crippen LogP contribution < -0.4 is 14.5 Å². The summed E-state index contributed by atoms with van der Waals surface area (Å²) in [6.07, 6.45) is 5.63. The summed E-state index contributed by atoms with van der Waals surface area (Å²) in [7, 11) is 0. The first-order chi connectivity index (χ1) is 19.4. The molecule has 2 aromatic carbocycles. The normalized spacial score (nSPS) is 16.6. The highest BCUT2D eigenvalue weighted by Gasteiger charge is 2.30. The van der Waals surface area contributed by atoms with Gasteiger partial charge in [0, 0.05) is 45.1 Å². The van der Waals surface area contributed by atoms with Crippen molar-refractivity contribution in [2.75, 3.05) is 49.1 Å². The first-order valence-corrected chi connectivity index (χ1v) is 15.3. The fraction of sp³-hybridized carbons (Fsp3) is 0.548. The molecule has 2 heterocycles. The maximum atomic E-state index is 12.8. The van der Waals surface area contributed by atoms with Crippen LogP contribution in [0, 0.1) is 0 Å². The number of anilines is 2. The quantitative estimate of drug-likeness (QED) is 0.191. The molecular weight excluding hydrogens is 549 g/mol. The average Bonchev–Trinajstić information content (AvgIpc) is 2.94. The molecule has 2 aliphatic heterocycles. The molecule has 4 rings (SSSR count). The summed E-state index contributed by atoms with van der Waals surface area (Å²) >= 11 is 12.6. The van der Waals surface area contributed by atoms with Crippen LogP contribution in [0.5, 0.6) is 5.75 Å². The number of carbonyl (C=O) groups excluding carboxylic acids is 2. The number of rotatable bonds is 13. The van der Waals surface area contributed by atoms with E-state index < -0.39 is 6.23 Å². The van der Waals surface area contributed by atoms with E-state index >= 15 is 0 Å². The summed E-state index contributed by atoms with van der Waals surface area (Å²) < 4.78 is 11.7. The summed E-state index contributed by atoms with van der Waals surface area (Å²) in [4.78, 5) is 31.5. The monoisotopic (exact) mass is 589 g/mol. The van der Waals surface area contributed by atoms with E-state index in [2.05, 4.69) is 16.7 Å². The minimum Gasteiger partial charge on any atom is -0.494 e. The predicted molar refractivity (Wildman–Crippen MR) is 162 cm³/mol. The first-order valence-electron chi connectivity index (χ1n) is 14.6. The molecule has 1 unspecified atom stereocenters. The highest BCUT2D eigenvalue weighted by molar-refractivity contribution is 6.43. The van der Waals surface area contributed by atoms with Gasteiger partial charge in [0.25, 0.3) is 0 Å². The molecule has 0 radical (unpaired) electrons. The van der Waals surface area contributed by atoms with Gasteiger partial charge in [-0.25, -0.2) is 0 Å². The molecular formula is C31H41Cl2N3O4. The molecule has 0 aliphatic carbocycles. The lowest BCUT2D eigenvalue weighted by atomic mass is 10.0. The average molecular weight is 591 g/mol. The van der Waals surface area contributed by atoms with Gasteiger partial charge in [0.05, 0.1) is 28.0 Å². The zero-order valence-corrected chi connectivity index (χ0v) is 25.2. The Morgan fingerprint density at radius 2 is 1.77 bits per heavy atom. The van der Waals surface area contributed by atoms with Crippen molar-refractivity contribution in [2.24, 2.45) is 0 Å². The van der Waals surface area contributed by atoms with E-state index in [1.165, 1.54) is 0 Å². The molecule has 0 spiro atoms. The zero-order valence-electron chi connectivity index (χ0n) is 23.7. The number of amides is 1. The number of nitrogens with zero attached hydrogens (tertiary/aromatic N) is 3. The summed E-state index contributed by atoms with van der Waals surface area (Å²) in [5.41, 5.74) is 2.85. The van der Waals surface area contributed by atoms with Crippen molar-refractivity contribution in [1.29, 1.82) is 0 Å². The molecule has 1 amide bonds. The van der Waals surface area contributed by atoms with Gasteiger partial charge in [-0.3, -0.25) is 19.4 Å². The van der Waals surface area contributed by atoms with Gasteiger partial charge in [-0.05, 0) is 62.9 Å². The highest BCUT2D eigenvalue weighted by Crippen LogP contribution is 2.34. The number of hydrogen-bond donors (Lipinski definition) is 0. The maximum Gasteiger partial charge on any atom is 0.307 e. The lowest BCUT2D eigenvalue weighted by Crippen LogP contribution is -2.46. The zero-order chi connectivity index (χ0) is 28.5. The molecule has 2 aliphatic rings. The van der Waals surface area contributed by atoms with Gasteiger partial charge in [-0.2, -0.15) is 0 Å². The molecule has 9 heteroatoms. The van der Waals surface area contributed by atoms with E-state index in [1.54, 1.807) is 11.8 Å². The van der Waals surface area contributed by atoms with Gasteiger partial charge in [0.15, 0.2) is 6.23 Å². The molecule has 2 aromatic rings. The van der Waals surface area contributed by atoms with Crippen LogP contribution in [0.25, 0.3) is 0 Å². The Labute approximate surface area is 248 Å². The van der Waals surface area contributed by atoms with Crippen LogP contribution in [0.2, 0.25) is 10.0 Å². The van der Waals surface area contributed by atoms with Crippen LogP contribution in [-0.2, 0) is 20.7 Å². The number of benzene rings is 2. The second-order valence-electron chi connectivity index (χ2n) is 10.6. The highest BCUT2D eigenvalue weighted by atomic mass is 35.5. The van der Waals surface area contributed by atoms with E-state index in [-0.39, 0.29) is 11.9 Å². The molecule has 0 N–H and O–H groups in total. The van der Waals surface area contributed by atoms with Crippen molar-refractivity contribution in [3.05, 3.63) is 52.0 Å². The van der Waals surface area contributed by atoms with Crippen molar-refractivity contribution in [3.8, 4) is 5.75 Å². The molecule has 7 nitrogen and oxygen atoms in total. The summed E-state index contributed by atoms with van der Waals surface area (Å²) in [6.45, 7) is 9.31. The largest absolute Gasteiger partial charge is 0.494 e. The fourth-order valence-corrected chi connectivity index (χ4v) is 5.78. The number of piperazine rings is 1.